The van der Waals surface area contributed by atoms with E-state index in [2.05, 4.69) is 10.3 Å². The molecule has 64 valence electrons. The second-order valence-electron chi connectivity index (χ2n) is 2.31. The highest BCUT2D eigenvalue weighted by molar-refractivity contribution is 5.72. The molecule has 0 atom stereocenters. The molecule has 0 amide bonds. The molecule has 0 fully saturated rings. The lowest BCUT2D eigenvalue weighted by Crippen LogP contribution is -1.98. The van der Waals surface area contributed by atoms with E-state index in [1.165, 1.54) is 0 Å². The lowest BCUT2D eigenvalue weighted by atomic mass is 10.3. The van der Waals surface area contributed by atoms with Crippen LogP contribution in [0.1, 0.15) is 0 Å². The van der Waals surface area contributed by atoms with E-state index in [9.17, 15) is 0 Å². The summed E-state index contributed by atoms with van der Waals surface area (Å²) in [5.74, 6) is 0. The van der Waals surface area contributed by atoms with Crippen LogP contribution in [0.5, 0.6) is 0 Å². The van der Waals surface area contributed by atoms with Gasteiger partial charge in [0.05, 0.1) is 11.4 Å². The molecule has 12 heavy (non-hydrogen) atoms. The summed E-state index contributed by atoms with van der Waals surface area (Å²) >= 11 is 0. The zero-order valence-electron chi connectivity index (χ0n) is 7.12. The highest BCUT2D eigenvalue weighted by Gasteiger charge is 1.93. The van der Waals surface area contributed by atoms with Gasteiger partial charge in [-0.15, -0.1) is 0 Å². The number of aliphatic imine (C=N–C) groups is 1. The molecule has 0 saturated heterocycles. The summed E-state index contributed by atoms with van der Waals surface area (Å²) in [7, 11) is 1.87. The molecule has 3 heteroatoms. The van der Waals surface area contributed by atoms with Crippen molar-refractivity contribution in [2.45, 2.75) is 0 Å². The van der Waals surface area contributed by atoms with E-state index in [0.717, 1.165) is 11.4 Å². The third kappa shape index (κ3) is 2.07. The molecule has 0 radical (unpaired) electrons. The van der Waals surface area contributed by atoms with Crippen LogP contribution in [-0.2, 0) is 0 Å². The Morgan fingerprint density at radius 1 is 1.50 bits per heavy atom. The van der Waals surface area contributed by atoms with Crippen LogP contribution in [0.25, 0.3) is 0 Å². The van der Waals surface area contributed by atoms with Crippen LogP contribution in [0, 0.1) is 0 Å². The van der Waals surface area contributed by atoms with Gasteiger partial charge >= 0.3 is 0 Å². The summed E-state index contributed by atoms with van der Waals surface area (Å²) in [6, 6.07) is 7.83. The fourth-order valence-corrected chi connectivity index (χ4v) is 0.949. The van der Waals surface area contributed by atoms with Gasteiger partial charge in [0, 0.05) is 19.8 Å². The molecular formula is C9H13N3. The topological polar surface area (TPSA) is 50.4 Å². The Morgan fingerprint density at radius 2 is 2.25 bits per heavy atom. The van der Waals surface area contributed by atoms with Gasteiger partial charge in [-0.1, -0.05) is 12.1 Å². The van der Waals surface area contributed by atoms with Gasteiger partial charge < -0.3 is 11.1 Å². The van der Waals surface area contributed by atoms with Gasteiger partial charge in [0.15, 0.2) is 0 Å². The predicted molar refractivity (Wildman–Crippen MR) is 53.2 cm³/mol. The maximum atomic E-state index is 5.30. The average molecular weight is 163 g/mol. The maximum absolute atomic E-state index is 5.30. The lowest BCUT2D eigenvalue weighted by molar-refractivity contribution is 1.32. The summed E-state index contributed by atoms with van der Waals surface area (Å²) in [5.41, 5.74) is 7.24. The molecule has 0 unspecified atom stereocenters. The second-order valence-corrected chi connectivity index (χ2v) is 2.31. The van der Waals surface area contributed by atoms with Crippen molar-refractivity contribution in [2.24, 2.45) is 10.7 Å². The van der Waals surface area contributed by atoms with Crippen molar-refractivity contribution in [2.75, 3.05) is 18.9 Å². The number of hydrogen-bond acceptors (Lipinski definition) is 3. The summed E-state index contributed by atoms with van der Waals surface area (Å²) in [5, 5.41) is 3.05. The molecule has 0 aliphatic carbocycles. The quantitative estimate of drug-likeness (QED) is 0.661. The minimum atomic E-state index is 0.470. The minimum absolute atomic E-state index is 0.470. The van der Waals surface area contributed by atoms with Crippen molar-refractivity contribution in [1.29, 1.82) is 0 Å². The molecule has 3 N–H and O–H groups in total. The van der Waals surface area contributed by atoms with E-state index >= 15 is 0 Å². The first-order valence-corrected chi connectivity index (χ1v) is 3.88. The molecular weight excluding hydrogens is 150 g/mol. The van der Waals surface area contributed by atoms with Gasteiger partial charge in [-0.05, 0) is 12.1 Å². The normalized spacial score (nSPS) is 10.5. The summed E-state index contributed by atoms with van der Waals surface area (Å²) in [4.78, 5) is 4.18. The van der Waals surface area contributed by atoms with Crippen molar-refractivity contribution >= 4 is 17.6 Å². The minimum Gasteiger partial charge on any atom is -0.386 e. The smallest absolute Gasteiger partial charge is 0.0857 e. The van der Waals surface area contributed by atoms with Crippen molar-refractivity contribution in [3.05, 3.63) is 24.3 Å². The number of rotatable bonds is 3. The van der Waals surface area contributed by atoms with E-state index in [1.54, 1.807) is 6.21 Å². The molecule has 1 aromatic carbocycles. The number of nitrogens with one attached hydrogen (secondary N) is 1. The van der Waals surface area contributed by atoms with E-state index in [0.29, 0.717) is 6.54 Å². The molecule has 0 bridgehead atoms. The summed E-state index contributed by atoms with van der Waals surface area (Å²) in [6.07, 6.45) is 1.69. The number of nitrogens with two attached hydrogens (primary N) is 1. The highest BCUT2D eigenvalue weighted by Crippen LogP contribution is 2.22. The molecule has 0 heterocycles. The average Bonchev–Trinajstić information content (AvgIpc) is 2.15. The third-order valence-electron chi connectivity index (χ3n) is 1.51. The van der Waals surface area contributed by atoms with Crippen molar-refractivity contribution in [3.8, 4) is 0 Å². The zero-order chi connectivity index (χ0) is 8.81. The number of benzene rings is 1. The zero-order valence-corrected chi connectivity index (χ0v) is 7.12. The van der Waals surface area contributed by atoms with Crippen LogP contribution in [-0.4, -0.2) is 19.8 Å². The number of hydrogen-bond donors (Lipinski definition) is 2. The Labute approximate surface area is 72.3 Å². The van der Waals surface area contributed by atoms with Gasteiger partial charge in [0.1, 0.15) is 0 Å². The molecule has 1 aromatic rings. The van der Waals surface area contributed by atoms with Crippen LogP contribution in [0.4, 0.5) is 11.4 Å². The summed E-state index contributed by atoms with van der Waals surface area (Å²) in [6.45, 7) is 0.470. The Morgan fingerprint density at radius 3 is 2.92 bits per heavy atom. The van der Waals surface area contributed by atoms with Crippen LogP contribution in [0.15, 0.2) is 29.3 Å². The monoisotopic (exact) mass is 163 g/mol. The first-order chi connectivity index (χ1) is 5.88. The fourth-order valence-electron chi connectivity index (χ4n) is 0.949. The SMILES string of the molecule is CNc1ccccc1/N=C\CN. The molecule has 0 aromatic heterocycles. The Balaban J connectivity index is 2.89. The van der Waals surface area contributed by atoms with Gasteiger partial charge in [-0.3, -0.25) is 4.99 Å². The summed E-state index contributed by atoms with van der Waals surface area (Å²) < 4.78 is 0. The van der Waals surface area contributed by atoms with E-state index in [1.807, 2.05) is 31.3 Å². The Kier molecular flexibility index (Phi) is 3.29. The van der Waals surface area contributed by atoms with Crippen LogP contribution in [0.3, 0.4) is 0 Å². The first-order valence-electron chi connectivity index (χ1n) is 3.88. The third-order valence-corrected chi connectivity index (χ3v) is 1.51. The Hall–Kier alpha value is -1.35. The number of anilines is 1. The van der Waals surface area contributed by atoms with Crippen molar-refractivity contribution < 1.29 is 0 Å². The predicted octanol–water partition coefficient (Wildman–Crippen LogP) is 1.39. The molecule has 0 saturated carbocycles. The molecule has 1 rings (SSSR count). The van der Waals surface area contributed by atoms with Gasteiger partial charge in [0.2, 0.25) is 0 Å². The van der Waals surface area contributed by atoms with E-state index in [4.69, 9.17) is 5.73 Å². The molecule has 3 nitrogen and oxygen atoms in total. The largest absolute Gasteiger partial charge is 0.386 e. The van der Waals surface area contributed by atoms with Crippen LogP contribution >= 0.6 is 0 Å². The number of nitrogens with zero attached hydrogens (tertiary/aromatic N) is 1. The molecule has 0 aliphatic rings. The van der Waals surface area contributed by atoms with Gasteiger partial charge in [-0.25, -0.2) is 0 Å². The van der Waals surface area contributed by atoms with Crippen molar-refractivity contribution in [3.63, 3.8) is 0 Å². The van der Waals surface area contributed by atoms with Crippen molar-refractivity contribution in [1.82, 2.24) is 0 Å². The van der Waals surface area contributed by atoms with Gasteiger partial charge in [-0.2, -0.15) is 0 Å². The lowest BCUT2D eigenvalue weighted by Gasteiger charge is -2.02. The number of para-hydroxylation sites is 2. The molecule has 0 spiro atoms. The van der Waals surface area contributed by atoms with Crippen LogP contribution in [0.2, 0.25) is 0 Å². The van der Waals surface area contributed by atoms with E-state index < -0.39 is 0 Å². The molecule has 0 aliphatic heterocycles. The fraction of sp³-hybridized carbons (Fsp3) is 0.222. The standard InChI is InChI=1S/C9H13N3/c1-11-8-4-2-3-5-9(8)12-7-6-10/h2-5,7,11H,6,10H2,1H3/b12-7-. The maximum Gasteiger partial charge on any atom is 0.0857 e. The van der Waals surface area contributed by atoms with Crippen LogP contribution < -0.4 is 11.1 Å². The highest BCUT2D eigenvalue weighted by atomic mass is 14.9. The van der Waals surface area contributed by atoms with E-state index in [-0.39, 0.29) is 0 Å². The Bertz CT molecular complexity index is 268. The van der Waals surface area contributed by atoms with Gasteiger partial charge in [0.25, 0.3) is 0 Å². The first kappa shape index (κ1) is 8.74. The second kappa shape index (κ2) is 4.51.